The Hall–Kier alpha value is -1.37. The molecule has 0 radical (unpaired) electrons. The van der Waals surface area contributed by atoms with Crippen LogP contribution in [-0.2, 0) is 16.0 Å². The van der Waals surface area contributed by atoms with Crippen molar-refractivity contribution in [2.24, 2.45) is 0 Å². The number of allylic oxidation sites excluding steroid dienone is 1. The van der Waals surface area contributed by atoms with Gasteiger partial charge in [0.1, 0.15) is 5.82 Å². The average molecular weight is 334 g/mol. The molecule has 1 aromatic rings. The standard InChI is InChI=1S/C15H14F4O2S/c16-12-5-9(4-11(8-12)15(17,18)19)10-6-13-2-1-3-14(7-10)22(13,20)21/h4-6,8,13-14H,1-3,7H2. The normalized spacial score (nSPS) is 27.4. The van der Waals surface area contributed by atoms with Crippen molar-refractivity contribution >= 4 is 15.4 Å². The molecule has 120 valence electrons. The van der Waals surface area contributed by atoms with Gasteiger partial charge in [-0.15, -0.1) is 0 Å². The third kappa shape index (κ3) is 2.66. The van der Waals surface area contributed by atoms with Crippen molar-refractivity contribution < 1.29 is 26.0 Å². The molecule has 2 aliphatic rings. The molecule has 1 fully saturated rings. The van der Waals surface area contributed by atoms with Gasteiger partial charge in [0.2, 0.25) is 0 Å². The summed E-state index contributed by atoms with van der Waals surface area (Å²) in [5, 5.41) is -1.23. The molecule has 2 heterocycles. The lowest BCUT2D eigenvalue weighted by Crippen LogP contribution is -2.38. The SMILES string of the molecule is O=S1(=O)C2C=C(c3cc(F)cc(C(F)(F)F)c3)CC1CCC2. The maximum atomic E-state index is 13.5. The maximum Gasteiger partial charge on any atom is 0.416 e. The summed E-state index contributed by atoms with van der Waals surface area (Å²) in [5.41, 5.74) is -0.435. The summed E-state index contributed by atoms with van der Waals surface area (Å²) >= 11 is 0. The first-order valence-electron chi connectivity index (χ1n) is 6.99. The Kier molecular flexibility index (Phi) is 3.58. The van der Waals surface area contributed by atoms with Gasteiger partial charge in [-0.3, -0.25) is 0 Å². The van der Waals surface area contributed by atoms with Crippen molar-refractivity contribution in [2.45, 2.75) is 42.4 Å². The molecule has 2 nitrogen and oxygen atoms in total. The van der Waals surface area contributed by atoms with Crippen LogP contribution in [-0.4, -0.2) is 18.9 Å². The van der Waals surface area contributed by atoms with Gasteiger partial charge in [-0.1, -0.05) is 12.5 Å². The lowest BCUT2D eigenvalue weighted by molar-refractivity contribution is -0.137. The number of hydrogen-bond acceptors (Lipinski definition) is 2. The van der Waals surface area contributed by atoms with Crippen LogP contribution >= 0.6 is 0 Å². The number of alkyl halides is 3. The zero-order valence-corrected chi connectivity index (χ0v) is 12.3. The van der Waals surface area contributed by atoms with Crippen LogP contribution in [0, 0.1) is 5.82 Å². The Bertz CT molecular complexity index is 734. The third-order valence-electron chi connectivity index (χ3n) is 4.33. The number of rotatable bonds is 1. The predicted octanol–water partition coefficient (Wildman–Crippen LogP) is 3.97. The van der Waals surface area contributed by atoms with E-state index < -0.39 is 37.9 Å². The van der Waals surface area contributed by atoms with Crippen LogP contribution in [0.15, 0.2) is 24.3 Å². The van der Waals surface area contributed by atoms with E-state index in [0.29, 0.717) is 24.5 Å². The minimum atomic E-state index is -4.63. The molecule has 0 saturated carbocycles. The fourth-order valence-corrected chi connectivity index (χ4v) is 5.46. The third-order valence-corrected chi connectivity index (χ3v) is 6.88. The number of fused-ring (bicyclic) bond motifs is 2. The second-order valence-corrected chi connectivity index (χ2v) is 8.25. The summed E-state index contributed by atoms with van der Waals surface area (Å²) in [6, 6.07) is 2.38. The highest BCUT2D eigenvalue weighted by molar-refractivity contribution is 7.93. The van der Waals surface area contributed by atoms with Crippen LogP contribution in [0.1, 0.15) is 36.8 Å². The predicted molar refractivity (Wildman–Crippen MR) is 74.3 cm³/mol. The number of halogens is 4. The number of hydrogen-bond donors (Lipinski definition) is 0. The lowest BCUT2D eigenvalue weighted by atomic mass is 9.92. The topological polar surface area (TPSA) is 34.1 Å². The quantitative estimate of drug-likeness (QED) is 0.728. The molecule has 1 saturated heterocycles. The van der Waals surface area contributed by atoms with Crippen molar-refractivity contribution in [3.63, 3.8) is 0 Å². The summed E-state index contributed by atoms with van der Waals surface area (Å²) in [4.78, 5) is 0. The molecule has 0 N–H and O–H groups in total. The fraction of sp³-hybridized carbons (Fsp3) is 0.467. The molecule has 0 aliphatic carbocycles. The first-order valence-corrected chi connectivity index (χ1v) is 8.60. The van der Waals surface area contributed by atoms with Gasteiger partial charge >= 0.3 is 6.18 Å². The van der Waals surface area contributed by atoms with Crippen LogP contribution in [0.5, 0.6) is 0 Å². The molecule has 7 heteroatoms. The molecule has 0 amide bonds. The Labute approximate surface area is 125 Å². The van der Waals surface area contributed by atoms with Crippen molar-refractivity contribution in [1.29, 1.82) is 0 Å². The van der Waals surface area contributed by atoms with E-state index >= 15 is 0 Å². The van der Waals surface area contributed by atoms with Gasteiger partial charge in [0.25, 0.3) is 0 Å². The summed E-state index contributed by atoms with van der Waals surface area (Å²) in [6.45, 7) is 0. The first-order chi connectivity index (χ1) is 10.2. The zero-order chi connectivity index (χ0) is 16.1. The molecule has 1 aromatic carbocycles. The highest BCUT2D eigenvalue weighted by atomic mass is 32.2. The Morgan fingerprint density at radius 1 is 1.09 bits per heavy atom. The van der Waals surface area contributed by atoms with Gasteiger partial charge in [-0.25, -0.2) is 12.8 Å². The van der Waals surface area contributed by atoms with Crippen molar-refractivity contribution in [1.82, 2.24) is 0 Å². The molecule has 2 bridgehead atoms. The molecule has 0 aromatic heterocycles. The van der Waals surface area contributed by atoms with Crippen molar-refractivity contribution in [3.8, 4) is 0 Å². The summed E-state index contributed by atoms with van der Waals surface area (Å²) in [6.07, 6.45) is -1.20. The van der Waals surface area contributed by atoms with Gasteiger partial charge in [-0.05, 0) is 48.6 Å². The van der Waals surface area contributed by atoms with E-state index in [2.05, 4.69) is 0 Å². The summed E-state index contributed by atoms with van der Waals surface area (Å²) in [5.74, 6) is -0.968. The van der Waals surface area contributed by atoms with Gasteiger partial charge in [0.05, 0.1) is 16.1 Å². The van der Waals surface area contributed by atoms with Gasteiger partial charge in [-0.2, -0.15) is 13.2 Å². The highest BCUT2D eigenvalue weighted by Crippen LogP contribution is 2.40. The molecular formula is C15H14F4O2S. The van der Waals surface area contributed by atoms with E-state index in [0.717, 1.165) is 18.6 Å². The molecule has 0 spiro atoms. The smallest absolute Gasteiger partial charge is 0.228 e. The van der Waals surface area contributed by atoms with Crippen LogP contribution < -0.4 is 0 Å². The van der Waals surface area contributed by atoms with E-state index in [1.165, 1.54) is 6.08 Å². The molecular weight excluding hydrogens is 320 g/mol. The first kappa shape index (κ1) is 15.5. The number of benzene rings is 1. The van der Waals surface area contributed by atoms with Crippen LogP contribution in [0.3, 0.4) is 0 Å². The van der Waals surface area contributed by atoms with Crippen LogP contribution in [0.2, 0.25) is 0 Å². The van der Waals surface area contributed by atoms with Gasteiger partial charge in [0.15, 0.2) is 9.84 Å². The number of sulfone groups is 1. The largest absolute Gasteiger partial charge is 0.416 e. The minimum Gasteiger partial charge on any atom is -0.228 e. The van der Waals surface area contributed by atoms with Crippen LogP contribution in [0.4, 0.5) is 17.6 Å². The Balaban J connectivity index is 2.06. The fourth-order valence-electron chi connectivity index (χ4n) is 3.21. The van der Waals surface area contributed by atoms with Crippen molar-refractivity contribution in [2.75, 3.05) is 0 Å². The monoisotopic (exact) mass is 334 g/mol. The molecule has 2 unspecified atom stereocenters. The van der Waals surface area contributed by atoms with E-state index in [4.69, 9.17) is 0 Å². The lowest BCUT2D eigenvalue weighted by Gasteiger charge is -2.33. The molecule has 22 heavy (non-hydrogen) atoms. The van der Waals surface area contributed by atoms with Crippen LogP contribution in [0.25, 0.3) is 5.57 Å². The maximum absolute atomic E-state index is 13.5. The molecule has 2 aliphatic heterocycles. The van der Waals surface area contributed by atoms with E-state index in [1.54, 1.807) is 0 Å². The molecule has 2 atom stereocenters. The Morgan fingerprint density at radius 3 is 2.45 bits per heavy atom. The average Bonchev–Trinajstić information content (AvgIpc) is 2.35. The summed E-state index contributed by atoms with van der Waals surface area (Å²) < 4.78 is 76.2. The van der Waals surface area contributed by atoms with E-state index in [1.807, 2.05) is 0 Å². The van der Waals surface area contributed by atoms with E-state index in [9.17, 15) is 26.0 Å². The van der Waals surface area contributed by atoms with Gasteiger partial charge < -0.3 is 0 Å². The Morgan fingerprint density at radius 2 is 1.82 bits per heavy atom. The highest BCUT2D eigenvalue weighted by Gasteiger charge is 2.41. The van der Waals surface area contributed by atoms with Crippen molar-refractivity contribution in [3.05, 3.63) is 41.2 Å². The second kappa shape index (κ2) is 5.08. The summed E-state index contributed by atoms with van der Waals surface area (Å²) in [7, 11) is -3.25. The van der Waals surface area contributed by atoms with E-state index in [-0.39, 0.29) is 12.0 Å². The molecule has 3 rings (SSSR count). The van der Waals surface area contributed by atoms with Gasteiger partial charge in [0, 0.05) is 0 Å². The second-order valence-electron chi connectivity index (χ2n) is 5.80. The zero-order valence-electron chi connectivity index (χ0n) is 11.5. The minimum absolute atomic E-state index is 0.124.